The molecular formula is C14H14F6LiOP. The first-order valence-electron chi connectivity index (χ1n) is 6.69. The zero-order chi connectivity index (χ0) is 16.5. The molecule has 1 aliphatic rings. The van der Waals surface area contributed by atoms with E-state index in [4.69, 9.17) is 0 Å². The fourth-order valence-corrected chi connectivity index (χ4v) is 4.08. The predicted molar refractivity (Wildman–Crippen MR) is 72.5 cm³/mol. The number of rotatable bonds is 3. The van der Waals surface area contributed by atoms with Crippen molar-refractivity contribution in [1.29, 1.82) is 0 Å². The second-order valence-corrected chi connectivity index (χ2v) is 6.74. The quantitative estimate of drug-likeness (QED) is 0.465. The zero-order valence-electron chi connectivity index (χ0n) is 13.3. The Labute approximate surface area is 144 Å². The van der Waals surface area contributed by atoms with Gasteiger partial charge in [-0.05, 0) is 39.2 Å². The average molecular weight is 350 g/mol. The second kappa shape index (κ2) is 7.59. The number of alkyl halides is 6. The summed E-state index contributed by atoms with van der Waals surface area (Å²) in [4.78, 5) is 12.1. The fraction of sp³-hybridized carbons (Fsp3) is 0.500. The first kappa shape index (κ1) is 20.5. The molecular weight excluding hydrogens is 336 g/mol. The predicted octanol–water partition coefficient (Wildman–Crippen LogP) is 2.60. The molecule has 1 aromatic carbocycles. The molecule has 2 rings (SSSR count). The SMILES string of the molecule is O=C(PC1CCCC1)c1c(C(F)(F)F)cccc1C(F)(F)F.[H-].[Li+]. The third-order valence-corrected chi connectivity index (χ3v) is 5.09. The van der Waals surface area contributed by atoms with Crippen molar-refractivity contribution < 1.29 is 51.4 Å². The minimum Gasteiger partial charge on any atom is -1.00 e. The molecule has 0 N–H and O–H groups in total. The average Bonchev–Trinajstić information content (AvgIpc) is 2.88. The molecule has 0 radical (unpaired) electrons. The normalized spacial score (nSPS) is 16.8. The van der Waals surface area contributed by atoms with Gasteiger partial charge in [-0.25, -0.2) is 0 Å². The van der Waals surface area contributed by atoms with Crippen LogP contribution in [0.4, 0.5) is 26.3 Å². The Bertz CT molecular complexity index is 537. The molecule has 124 valence electrons. The van der Waals surface area contributed by atoms with Crippen molar-refractivity contribution in [2.24, 2.45) is 0 Å². The minimum absolute atomic E-state index is 0. The summed E-state index contributed by atoms with van der Waals surface area (Å²) >= 11 is 0. The summed E-state index contributed by atoms with van der Waals surface area (Å²) in [7, 11) is -0.551. The summed E-state index contributed by atoms with van der Waals surface area (Å²) in [5, 5.41) is 0. The molecule has 0 amide bonds. The summed E-state index contributed by atoms with van der Waals surface area (Å²) < 4.78 is 77.8. The van der Waals surface area contributed by atoms with Gasteiger partial charge in [-0.1, -0.05) is 18.9 Å². The maximum atomic E-state index is 13.0. The van der Waals surface area contributed by atoms with Crippen LogP contribution in [0, 0.1) is 0 Å². The van der Waals surface area contributed by atoms with E-state index in [2.05, 4.69) is 0 Å². The Morgan fingerprint density at radius 3 is 1.83 bits per heavy atom. The third-order valence-electron chi connectivity index (χ3n) is 3.59. The summed E-state index contributed by atoms with van der Waals surface area (Å²) in [6, 6.07) is 1.74. The van der Waals surface area contributed by atoms with E-state index < -0.39 is 43.1 Å². The smallest absolute Gasteiger partial charge is 1.00 e. The maximum Gasteiger partial charge on any atom is 1.00 e. The van der Waals surface area contributed by atoms with Crippen LogP contribution in [0.2, 0.25) is 0 Å². The van der Waals surface area contributed by atoms with E-state index in [1.807, 2.05) is 0 Å². The van der Waals surface area contributed by atoms with Crippen LogP contribution in [0.25, 0.3) is 0 Å². The summed E-state index contributed by atoms with van der Waals surface area (Å²) in [5.41, 5.74) is -5.38. The van der Waals surface area contributed by atoms with Crippen molar-refractivity contribution >= 4 is 14.1 Å². The van der Waals surface area contributed by atoms with Crippen molar-refractivity contribution in [1.82, 2.24) is 0 Å². The number of halogens is 6. The van der Waals surface area contributed by atoms with Crippen LogP contribution < -0.4 is 18.9 Å². The van der Waals surface area contributed by atoms with Crippen LogP contribution in [-0.4, -0.2) is 11.2 Å². The molecule has 0 spiro atoms. The first-order valence-corrected chi connectivity index (χ1v) is 7.76. The van der Waals surface area contributed by atoms with Gasteiger partial charge in [-0.3, -0.25) is 4.79 Å². The van der Waals surface area contributed by atoms with E-state index >= 15 is 0 Å². The number of benzene rings is 1. The number of carbonyl (C=O) groups excluding carboxylic acids is 1. The van der Waals surface area contributed by atoms with Gasteiger partial charge in [0.05, 0.1) is 11.1 Å². The summed E-state index contributed by atoms with van der Waals surface area (Å²) in [5.74, 6) is 0. The molecule has 23 heavy (non-hydrogen) atoms. The number of hydrogen-bond acceptors (Lipinski definition) is 1. The molecule has 9 heteroatoms. The van der Waals surface area contributed by atoms with Crippen LogP contribution in [0.5, 0.6) is 0 Å². The van der Waals surface area contributed by atoms with E-state index in [0.717, 1.165) is 12.8 Å². The van der Waals surface area contributed by atoms with Gasteiger partial charge in [-0.15, -0.1) is 0 Å². The molecule has 0 aliphatic heterocycles. The molecule has 0 bridgehead atoms. The van der Waals surface area contributed by atoms with Gasteiger partial charge >= 0.3 is 31.2 Å². The van der Waals surface area contributed by atoms with Gasteiger partial charge in [0, 0.05) is 5.56 Å². The van der Waals surface area contributed by atoms with E-state index in [1.165, 1.54) is 0 Å². The Morgan fingerprint density at radius 2 is 1.43 bits per heavy atom. The third kappa shape index (κ3) is 4.98. The first-order chi connectivity index (χ1) is 10.1. The Hall–Kier alpha value is -0.503. The van der Waals surface area contributed by atoms with Crippen LogP contribution in [0.3, 0.4) is 0 Å². The Morgan fingerprint density at radius 1 is 1.00 bits per heavy atom. The molecule has 0 aromatic heterocycles. The molecule has 1 fully saturated rings. The minimum atomic E-state index is -4.99. The second-order valence-electron chi connectivity index (χ2n) is 5.18. The molecule has 1 saturated carbocycles. The van der Waals surface area contributed by atoms with Gasteiger partial charge in [0.1, 0.15) is 0 Å². The van der Waals surface area contributed by atoms with Crippen molar-refractivity contribution in [3.8, 4) is 0 Å². The van der Waals surface area contributed by atoms with Gasteiger partial charge < -0.3 is 1.43 Å². The fourth-order valence-electron chi connectivity index (χ4n) is 2.60. The molecule has 0 saturated heterocycles. The van der Waals surface area contributed by atoms with Crippen LogP contribution in [-0.2, 0) is 12.4 Å². The molecule has 0 heterocycles. The van der Waals surface area contributed by atoms with E-state index in [0.29, 0.717) is 31.0 Å². The van der Waals surface area contributed by atoms with E-state index in [-0.39, 0.29) is 25.9 Å². The zero-order valence-corrected chi connectivity index (χ0v) is 13.3. The van der Waals surface area contributed by atoms with Gasteiger partial charge in [0.15, 0.2) is 5.52 Å². The number of carbonyl (C=O) groups is 1. The number of hydrogen-bond donors (Lipinski definition) is 0. The molecule has 1 unspecified atom stereocenters. The molecule has 1 aromatic rings. The van der Waals surface area contributed by atoms with Gasteiger partial charge in [-0.2, -0.15) is 26.3 Å². The molecule has 1 atom stereocenters. The maximum absolute atomic E-state index is 13.0. The monoisotopic (exact) mass is 350 g/mol. The standard InChI is InChI=1S/C14H13F6OP.Li.H/c15-13(16,17)9-6-3-7-10(14(18,19)20)11(9)12(21)22-8-4-1-2-5-8;;/h3,6-8,22H,1-2,4-5H2;;/q;+1;-1. The topological polar surface area (TPSA) is 17.1 Å². The summed E-state index contributed by atoms with van der Waals surface area (Å²) in [6.07, 6.45) is -6.91. The van der Waals surface area contributed by atoms with Crippen molar-refractivity contribution in [2.75, 3.05) is 0 Å². The van der Waals surface area contributed by atoms with E-state index in [9.17, 15) is 31.1 Å². The largest absolute Gasteiger partial charge is 1.00 e. The van der Waals surface area contributed by atoms with Crippen LogP contribution >= 0.6 is 8.58 Å². The van der Waals surface area contributed by atoms with Crippen molar-refractivity contribution in [3.63, 3.8) is 0 Å². The van der Waals surface area contributed by atoms with Crippen molar-refractivity contribution in [3.05, 3.63) is 34.9 Å². The Kier molecular flexibility index (Phi) is 6.78. The van der Waals surface area contributed by atoms with Gasteiger partial charge in [0.25, 0.3) is 0 Å². The molecule has 1 nitrogen and oxygen atoms in total. The van der Waals surface area contributed by atoms with Crippen LogP contribution in [0.15, 0.2) is 18.2 Å². The van der Waals surface area contributed by atoms with Crippen LogP contribution in [0.1, 0.15) is 48.6 Å². The Balaban J connectivity index is 0.00000264. The van der Waals surface area contributed by atoms with Crippen molar-refractivity contribution in [2.45, 2.75) is 43.7 Å². The van der Waals surface area contributed by atoms with E-state index in [1.54, 1.807) is 0 Å². The summed E-state index contributed by atoms with van der Waals surface area (Å²) in [6.45, 7) is 0. The van der Waals surface area contributed by atoms with Gasteiger partial charge in [0.2, 0.25) is 0 Å². The molecule has 1 aliphatic carbocycles.